The SMILES string of the molecule is CNCc1cc(Br)cnc1N(CCOC)C(C)COC. The van der Waals surface area contributed by atoms with Crippen molar-refractivity contribution in [2.75, 3.05) is 45.9 Å². The molecule has 1 aromatic heterocycles. The molecule has 5 nitrogen and oxygen atoms in total. The molecule has 1 heterocycles. The predicted molar refractivity (Wildman–Crippen MR) is 85.3 cm³/mol. The van der Waals surface area contributed by atoms with Gasteiger partial charge in [0.2, 0.25) is 0 Å². The molecule has 20 heavy (non-hydrogen) atoms. The van der Waals surface area contributed by atoms with Gasteiger partial charge >= 0.3 is 0 Å². The number of methoxy groups -OCH3 is 2. The highest BCUT2D eigenvalue weighted by Gasteiger charge is 2.18. The molecule has 0 saturated carbocycles. The quantitative estimate of drug-likeness (QED) is 0.742. The Labute approximate surface area is 129 Å². The Morgan fingerprint density at radius 3 is 2.75 bits per heavy atom. The number of halogens is 1. The summed E-state index contributed by atoms with van der Waals surface area (Å²) in [6, 6.07) is 2.33. The van der Waals surface area contributed by atoms with Crippen LogP contribution in [0.3, 0.4) is 0 Å². The van der Waals surface area contributed by atoms with Crippen molar-refractivity contribution in [1.29, 1.82) is 0 Å². The second-order valence-electron chi connectivity index (χ2n) is 4.66. The fraction of sp³-hybridized carbons (Fsp3) is 0.643. The summed E-state index contributed by atoms with van der Waals surface area (Å²) < 4.78 is 11.5. The molecule has 114 valence electrons. The molecular weight excluding hydrogens is 322 g/mol. The zero-order valence-corrected chi connectivity index (χ0v) is 14.2. The second kappa shape index (κ2) is 9.28. The fourth-order valence-electron chi connectivity index (χ4n) is 2.11. The first-order chi connectivity index (χ1) is 9.63. The van der Waals surface area contributed by atoms with Crippen LogP contribution in [0.5, 0.6) is 0 Å². The van der Waals surface area contributed by atoms with E-state index in [4.69, 9.17) is 9.47 Å². The Balaban J connectivity index is 3.04. The van der Waals surface area contributed by atoms with E-state index in [1.807, 2.05) is 13.2 Å². The number of nitrogens with zero attached hydrogens (tertiary/aromatic N) is 2. The van der Waals surface area contributed by atoms with E-state index in [9.17, 15) is 0 Å². The number of hydrogen-bond donors (Lipinski definition) is 1. The lowest BCUT2D eigenvalue weighted by atomic mass is 10.2. The summed E-state index contributed by atoms with van der Waals surface area (Å²) in [6.07, 6.45) is 1.83. The summed E-state index contributed by atoms with van der Waals surface area (Å²) in [5.74, 6) is 0.976. The van der Waals surface area contributed by atoms with Crippen molar-refractivity contribution in [3.63, 3.8) is 0 Å². The van der Waals surface area contributed by atoms with Crippen LogP contribution in [0.25, 0.3) is 0 Å². The monoisotopic (exact) mass is 345 g/mol. The average Bonchev–Trinajstić information content (AvgIpc) is 2.42. The number of nitrogens with one attached hydrogen (secondary N) is 1. The van der Waals surface area contributed by atoms with Crippen LogP contribution in [0.4, 0.5) is 5.82 Å². The number of rotatable bonds is 9. The molecule has 1 rings (SSSR count). The van der Waals surface area contributed by atoms with Gasteiger partial charge in [0.1, 0.15) is 5.82 Å². The summed E-state index contributed by atoms with van der Waals surface area (Å²) in [6.45, 7) is 4.99. The van der Waals surface area contributed by atoms with Crippen molar-refractivity contribution in [2.24, 2.45) is 0 Å². The van der Waals surface area contributed by atoms with Crippen LogP contribution in [0.15, 0.2) is 16.7 Å². The maximum absolute atomic E-state index is 5.27. The molecule has 6 heteroatoms. The van der Waals surface area contributed by atoms with Gasteiger partial charge in [-0.3, -0.25) is 0 Å². The minimum atomic E-state index is 0.236. The highest BCUT2D eigenvalue weighted by Crippen LogP contribution is 2.23. The molecule has 1 atom stereocenters. The molecule has 0 amide bonds. The number of hydrogen-bond acceptors (Lipinski definition) is 5. The van der Waals surface area contributed by atoms with Gasteiger partial charge in [-0.25, -0.2) is 4.98 Å². The first kappa shape index (κ1) is 17.4. The normalized spacial score (nSPS) is 12.4. The lowest BCUT2D eigenvalue weighted by molar-refractivity contribution is 0.170. The first-order valence-corrected chi connectivity index (χ1v) is 7.46. The maximum atomic E-state index is 5.27. The van der Waals surface area contributed by atoms with Gasteiger partial charge in [-0.15, -0.1) is 0 Å². The van der Waals surface area contributed by atoms with Crippen LogP contribution in [-0.2, 0) is 16.0 Å². The zero-order chi connectivity index (χ0) is 15.0. The largest absolute Gasteiger partial charge is 0.383 e. The molecule has 0 aliphatic rings. The smallest absolute Gasteiger partial charge is 0.133 e. The third-order valence-electron chi connectivity index (χ3n) is 3.03. The number of pyridine rings is 1. The molecule has 0 aliphatic heterocycles. The van der Waals surface area contributed by atoms with Crippen molar-refractivity contribution < 1.29 is 9.47 Å². The standard InChI is InChI=1S/C14H24BrN3O2/c1-11(10-20-4)18(5-6-19-3)14-12(8-16-2)7-13(15)9-17-14/h7,9,11,16H,5-6,8,10H2,1-4H3. The van der Waals surface area contributed by atoms with Crippen LogP contribution in [0.2, 0.25) is 0 Å². The molecule has 0 saturated heterocycles. The summed E-state index contributed by atoms with van der Waals surface area (Å²) in [5, 5.41) is 3.18. The zero-order valence-electron chi connectivity index (χ0n) is 12.6. The highest BCUT2D eigenvalue weighted by atomic mass is 79.9. The van der Waals surface area contributed by atoms with E-state index in [1.165, 1.54) is 0 Å². The number of ether oxygens (including phenoxy) is 2. The van der Waals surface area contributed by atoms with Gasteiger partial charge in [-0.2, -0.15) is 0 Å². The molecule has 0 fully saturated rings. The topological polar surface area (TPSA) is 46.6 Å². The molecule has 0 aliphatic carbocycles. The summed E-state index contributed by atoms with van der Waals surface area (Å²) >= 11 is 3.48. The molecule has 0 aromatic carbocycles. The molecule has 1 unspecified atom stereocenters. The Hall–Kier alpha value is -0.690. The van der Waals surface area contributed by atoms with Crippen LogP contribution >= 0.6 is 15.9 Å². The Morgan fingerprint density at radius 1 is 1.40 bits per heavy atom. The van der Waals surface area contributed by atoms with E-state index in [2.05, 4.69) is 44.1 Å². The molecule has 0 spiro atoms. The second-order valence-corrected chi connectivity index (χ2v) is 5.57. The highest BCUT2D eigenvalue weighted by molar-refractivity contribution is 9.10. The van der Waals surface area contributed by atoms with Crippen molar-refractivity contribution in [2.45, 2.75) is 19.5 Å². The summed E-state index contributed by atoms with van der Waals surface area (Å²) in [4.78, 5) is 6.81. The molecule has 1 aromatic rings. The lowest BCUT2D eigenvalue weighted by Crippen LogP contribution is -2.40. The van der Waals surface area contributed by atoms with E-state index >= 15 is 0 Å². The molecular formula is C14H24BrN3O2. The average molecular weight is 346 g/mol. The van der Waals surface area contributed by atoms with Gasteiger partial charge in [-0.1, -0.05) is 0 Å². The summed E-state index contributed by atoms with van der Waals surface area (Å²) in [5.41, 5.74) is 1.15. The lowest BCUT2D eigenvalue weighted by Gasteiger charge is -2.31. The number of anilines is 1. The Morgan fingerprint density at radius 2 is 2.15 bits per heavy atom. The van der Waals surface area contributed by atoms with E-state index < -0.39 is 0 Å². The van der Waals surface area contributed by atoms with E-state index in [-0.39, 0.29) is 6.04 Å². The van der Waals surface area contributed by atoms with Gasteiger partial charge in [0.25, 0.3) is 0 Å². The van der Waals surface area contributed by atoms with Crippen LogP contribution in [-0.4, -0.2) is 52.1 Å². The van der Waals surface area contributed by atoms with E-state index in [1.54, 1.807) is 14.2 Å². The van der Waals surface area contributed by atoms with Gasteiger partial charge in [0, 0.05) is 43.5 Å². The van der Waals surface area contributed by atoms with Gasteiger partial charge in [0.15, 0.2) is 0 Å². The van der Waals surface area contributed by atoms with Crippen molar-refractivity contribution >= 4 is 21.7 Å². The first-order valence-electron chi connectivity index (χ1n) is 6.67. The Kier molecular flexibility index (Phi) is 8.06. The summed E-state index contributed by atoms with van der Waals surface area (Å²) in [7, 11) is 5.36. The Bertz CT molecular complexity index is 404. The minimum absolute atomic E-state index is 0.236. The molecule has 0 radical (unpaired) electrons. The molecule has 0 bridgehead atoms. The third kappa shape index (κ3) is 5.01. The molecule has 1 N–H and O–H groups in total. The van der Waals surface area contributed by atoms with Gasteiger partial charge < -0.3 is 19.7 Å². The van der Waals surface area contributed by atoms with Crippen molar-refractivity contribution in [1.82, 2.24) is 10.3 Å². The minimum Gasteiger partial charge on any atom is -0.383 e. The van der Waals surface area contributed by atoms with Crippen LogP contribution < -0.4 is 10.2 Å². The van der Waals surface area contributed by atoms with Crippen LogP contribution in [0, 0.1) is 0 Å². The maximum Gasteiger partial charge on any atom is 0.133 e. The van der Waals surface area contributed by atoms with Crippen molar-refractivity contribution in [3.8, 4) is 0 Å². The number of aromatic nitrogens is 1. The van der Waals surface area contributed by atoms with Crippen molar-refractivity contribution in [3.05, 3.63) is 22.3 Å². The van der Waals surface area contributed by atoms with E-state index in [0.29, 0.717) is 13.2 Å². The third-order valence-corrected chi connectivity index (χ3v) is 3.46. The van der Waals surface area contributed by atoms with Crippen LogP contribution in [0.1, 0.15) is 12.5 Å². The fourth-order valence-corrected chi connectivity index (χ4v) is 2.49. The van der Waals surface area contributed by atoms with E-state index in [0.717, 1.165) is 28.9 Å². The predicted octanol–water partition coefficient (Wildman–Crippen LogP) is 2.05. The van der Waals surface area contributed by atoms with Gasteiger partial charge in [-0.05, 0) is 36.0 Å². The van der Waals surface area contributed by atoms with Gasteiger partial charge in [0.05, 0.1) is 19.3 Å².